The van der Waals surface area contributed by atoms with Crippen molar-refractivity contribution in [1.82, 2.24) is 10.2 Å². The minimum atomic E-state index is -0.645. The molecule has 2 aromatic rings. The molecule has 1 aromatic carbocycles. The maximum absolute atomic E-state index is 12.4. The van der Waals surface area contributed by atoms with Crippen LogP contribution in [-0.2, 0) is 19.1 Å². The van der Waals surface area contributed by atoms with Gasteiger partial charge in [-0.2, -0.15) is 5.10 Å². The average molecular weight is 451 g/mol. The summed E-state index contributed by atoms with van der Waals surface area (Å²) in [4.78, 5) is 26.1. The van der Waals surface area contributed by atoms with Gasteiger partial charge in [0.05, 0.1) is 25.3 Å². The molecule has 128 valence electrons. The molecule has 0 atom stereocenters. The maximum Gasteiger partial charge on any atom is 0.355 e. The fraction of sp³-hybridized carbons (Fsp3) is 0.118. The normalized spacial score (nSPS) is 14.0. The Kier molecular flexibility index (Phi) is 4.88. The molecule has 7 nitrogen and oxygen atoms in total. The van der Waals surface area contributed by atoms with Gasteiger partial charge in [-0.05, 0) is 52.9 Å². The van der Waals surface area contributed by atoms with Crippen LogP contribution in [0.25, 0.3) is 10.9 Å². The molecule has 1 N–H and O–H groups in total. The number of anilines is 1. The van der Waals surface area contributed by atoms with Crippen molar-refractivity contribution >= 4 is 51.1 Å². The molecule has 1 aliphatic rings. The van der Waals surface area contributed by atoms with Crippen LogP contribution in [0.5, 0.6) is 0 Å². The number of allylic oxidation sites excluding steroid dienone is 2. The second-order valence-corrected chi connectivity index (χ2v) is 6.13. The van der Waals surface area contributed by atoms with Gasteiger partial charge in [0.2, 0.25) is 0 Å². The van der Waals surface area contributed by atoms with Crippen LogP contribution in [0.15, 0.2) is 53.9 Å². The number of ether oxygens (including phenoxy) is 2. The summed E-state index contributed by atoms with van der Waals surface area (Å²) in [6, 6.07) is 5.56. The highest BCUT2D eigenvalue weighted by Crippen LogP contribution is 2.29. The lowest BCUT2D eigenvalue weighted by Gasteiger charge is -2.23. The van der Waals surface area contributed by atoms with Crippen LogP contribution in [0, 0.1) is 3.70 Å². The number of carbonyl (C=O) groups excluding carboxylic acids is 2. The second-order valence-electron chi connectivity index (χ2n) is 5.06. The first kappa shape index (κ1) is 17.2. The molecule has 0 spiro atoms. The molecule has 0 fully saturated rings. The summed E-state index contributed by atoms with van der Waals surface area (Å²) in [6.45, 7) is 0. The van der Waals surface area contributed by atoms with Crippen LogP contribution < -0.4 is 4.90 Å². The molecule has 0 bridgehead atoms. The number of nitrogens with zero attached hydrogens (tertiary/aromatic N) is 2. The van der Waals surface area contributed by atoms with E-state index in [1.807, 2.05) is 18.2 Å². The zero-order valence-corrected chi connectivity index (χ0v) is 15.6. The first-order valence-electron chi connectivity index (χ1n) is 7.25. The van der Waals surface area contributed by atoms with Crippen LogP contribution in [0.2, 0.25) is 0 Å². The van der Waals surface area contributed by atoms with Gasteiger partial charge in [-0.3, -0.25) is 5.10 Å². The summed E-state index contributed by atoms with van der Waals surface area (Å²) in [7, 11) is 2.53. The average Bonchev–Trinajstić information content (AvgIpc) is 2.87. The summed E-state index contributed by atoms with van der Waals surface area (Å²) in [6.07, 6.45) is 6.57. The standard InChI is InChI=1S/C17H14IN3O4/c1-24-16(22)12-5-3-4-8-21(14(12)17(23)25-2)10-6-7-11-13(9-10)19-20-15(11)18/h3-9H,1-2H3,(H,19,20). The number of esters is 2. The predicted octanol–water partition coefficient (Wildman–Crippen LogP) is 2.66. The number of H-pyrrole nitrogens is 1. The molecule has 25 heavy (non-hydrogen) atoms. The number of benzene rings is 1. The van der Waals surface area contributed by atoms with E-state index in [-0.39, 0.29) is 11.3 Å². The fourth-order valence-corrected chi connectivity index (χ4v) is 3.06. The Morgan fingerprint density at radius 3 is 2.64 bits per heavy atom. The van der Waals surface area contributed by atoms with Crippen molar-refractivity contribution in [1.29, 1.82) is 0 Å². The largest absolute Gasteiger partial charge is 0.465 e. The smallest absolute Gasteiger partial charge is 0.355 e. The molecule has 0 radical (unpaired) electrons. The third-order valence-electron chi connectivity index (χ3n) is 3.66. The Morgan fingerprint density at radius 1 is 1.16 bits per heavy atom. The van der Waals surface area contributed by atoms with E-state index in [1.165, 1.54) is 20.3 Å². The van der Waals surface area contributed by atoms with Crippen molar-refractivity contribution in [2.45, 2.75) is 0 Å². The van der Waals surface area contributed by atoms with Crippen molar-refractivity contribution in [3.63, 3.8) is 0 Å². The van der Waals surface area contributed by atoms with Crippen LogP contribution in [-0.4, -0.2) is 36.4 Å². The quantitative estimate of drug-likeness (QED) is 0.571. The van der Waals surface area contributed by atoms with Crippen molar-refractivity contribution in [2.24, 2.45) is 0 Å². The van der Waals surface area contributed by atoms with Crippen molar-refractivity contribution in [2.75, 3.05) is 19.1 Å². The molecule has 1 aromatic heterocycles. The number of hydrogen-bond acceptors (Lipinski definition) is 6. The van der Waals surface area contributed by atoms with E-state index in [1.54, 1.807) is 23.3 Å². The molecule has 0 saturated heterocycles. The van der Waals surface area contributed by atoms with Gasteiger partial charge >= 0.3 is 11.9 Å². The van der Waals surface area contributed by atoms with Crippen LogP contribution in [0.3, 0.4) is 0 Å². The molecule has 1 aliphatic heterocycles. The Labute approximate surface area is 157 Å². The van der Waals surface area contributed by atoms with Crippen LogP contribution >= 0.6 is 22.6 Å². The van der Waals surface area contributed by atoms with E-state index >= 15 is 0 Å². The van der Waals surface area contributed by atoms with Crippen LogP contribution in [0.4, 0.5) is 5.69 Å². The molecular formula is C17H14IN3O4. The number of methoxy groups -OCH3 is 2. The monoisotopic (exact) mass is 451 g/mol. The zero-order chi connectivity index (χ0) is 18.0. The Bertz CT molecular complexity index is 943. The number of halogens is 1. The van der Waals surface area contributed by atoms with Crippen molar-refractivity contribution < 1.29 is 19.1 Å². The van der Waals surface area contributed by atoms with Gasteiger partial charge in [0.15, 0.2) is 0 Å². The minimum Gasteiger partial charge on any atom is -0.465 e. The Balaban J connectivity index is 2.19. The number of fused-ring (bicyclic) bond motifs is 1. The number of carbonyl (C=O) groups is 2. The van der Waals surface area contributed by atoms with E-state index in [9.17, 15) is 9.59 Å². The Hall–Kier alpha value is -2.62. The number of aromatic nitrogens is 2. The highest BCUT2D eigenvalue weighted by molar-refractivity contribution is 14.1. The van der Waals surface area contributed by atoms with Gasteiger partial charge in [-0.25, -0.2) is 9.59 Å². The summed E-state index contributed by atoms with van der Waals surface area (Å²) >= 11 is 2.16. The summed E-state index contributed by atoms with van der Waals surface area (Å²) in [5, 5.41) is 8.12. The summed E-state index contributed by atoms with van der Waals surface area (Å²) < 4.78 is 10.6. The van der Waals surface area contributed by atoms with Gasteiger partial charge < -0.3 is 14.4 Å². The first-order chi connectivity index (χ1) is 12.1. The van der Waals surface area contributed by atoms with Gasteiger partial charge in [0, 0.05) is 17.3 Å². The van der Waals surface area contributed by atoms with E-state index in [0.717, 1.165) is 14.6 Å². The molecular weight excluding hydrogens is 437 g/mol. The lowest BCUT2D eigenvalue weighted by molar-refractivity contribution is -0.139. The van der Waals surface area contributed by atoms with Gasteiger partial charge in [0.25, 0.3) is 0 Å². The van der Waals surface area contributed by atoms with Gasteiger partial charge in [0.1, 0.15) is 9.40 Å². The van der Waals surface area contributed by atoms with Crippen LogP contribution in [0.1, 0.15) is 0 Å². The lowest BCUT2D eigenvalue weighted by atomic mass is 10.1. The second kappa shape index (κ2) is 7.09. The number of rotatable bonds is 3. The van der Waals surface area contributed by atoms with E-state index in [0.29, 0.717) is 5.69 Å². The topological polar surface area (TPSA) is 84.5 Å². The molecule has 2 heterocycles. The molecule has 0 amide bonds. The maximum atomic E-state index is 12.4. The molecule has 0 aliphatic carbocycles. The number of nitrogens with one attached hydrogen (secondary N) is 1. The summed E-state index contributed by atoms with van der Waals surface area (Å²) in [5.41, 5.74) is 1.59. The van der Waals surface area contributed by atoms with E-state index < -0.39 is 11.9 Å². The third kappa shape index (κ3) is 3.16. The first-order valence-corrected chi connectivity index (χ1v) is 8.33. The summed E-state index contributed by atoms with van der Waals surface area (Å²) in [5.74, 6) is -1.27. The molecule has 8 heteroatoms. The molecule has 3 rings (SSSR count). The predicted molar refractivity (Wildman–Crippen MR) is 101 cm³/mol. The minimum absolute atomic E-state index is 0.0731. The lowest BCUT2D eigenvalue weighted by Crippen LogP contribution is -2.26. The van der Waals surface area contributed by atoms with E-state index in [4.69, 9.17) is 9.47 Å². The van der Waals surface area contributed by atoms with Crippen molar-refractivity contribution in [3.8, 4) is 0 Å². The highest BCUT2D eigenvalue weighted by Gasteiger charge is 2.27. The number of hydrogen-bond donors (Lipinski definition) is 1. The number of aromatic amines is 1. The Morgan fingerprint density at radius 2 is 1.92 bits per heavy atom. The van der Waals surface area contributed by atoms with Gasteiger partial charge in [-0.15, -0.1) is 0 Å². The fourth-order valence-electron chi connectivity index (χ4n) is 2.48. The highest BCUT2D eigenvalue weighted by atomic mass is 127. The zero-order valence-electron chi connectivity index (χ0n) is 13.4. The van der Waals surface area contributed by atoms with Crippen molar-refractivity contribution in [3.05, 3.63) is 57.6 Å². The molecule has 0 saturated carbocycles. The molecule has 0 unspecified atom stereocenters. The van der Waals surface area contributed by atoms with E-state index in [2.05, 4.69) is 32.8 Å². The SMILES string of the molecule is COC(=O)C1=C(C(=O)OC)N(c2ccc3c(I)[nH]nc3c2)C=CC=C1. The van der Waals surface area contributed by atoms with Gasteiger partial charge in [-0.1, -0.05) is 6.08 Å². The third-order valence-corrected chi connectivity index (χ3v) is 4.48.